The SMILES string of the molecule is OCCCCCCCCCCCC(F)(F)C(F)(F)C(F)(F)F. The molecule has 1 N–H and O–H groups in total. The van der Waals surface area contributed by atoms with E-state index in [0.29, 0.717) is 6.42 Å². The van der Waals surface area contributed by atoms with E-state index in [9.17, 15) is 30.7 Å². The van der Waals surface area contributed by atoms with E-state index in [4.69, 9.17) is 5.11 Å². The second kappa shape index (κ2) is 9.57. The zero-order valence-corrected chi connectivity index (χ0v) is 12.4. The Kier molecular flexibility index (Phi) is 9.34. The van der Waals surface area contributed by atoms with Gasteiger partial charge >= 0.3 is 18.0 Å². The molecule has 0 spiro atoms. The first-order chi connectivity index (χ1) is 10.1. The lowest BCUT2D eigenvalue weighted by Gasteiger charge is -2.28. The molecule has 0 atom stereocenters. The zero-order chi connectivity index (χ0) is 17.3. The van der Waals surface area contributed by atoms with Crippen molar-refractivity contribution in [2.75, 3.05) is 6.61 Å². The van der Waals surface area contributed by atoms with E-state index in [1.165, 1.54) is 0 Å². The van der Waals surface area contributed by atoms with Crippen molar-refractivity contribution < 1.29 is 35.8 Å². The van der Waals surface area contributed by atoms with E-state index in [0.717, 1.165) is 38.5 Å². The van der Waals surface area contributed by atoms with Gasteiger partial charge in [-0.05, 0) is 12.8 Å². The molecule has 0 radical (unpaired) electrons. The van der Waals surface area contributed by atoms with Crippen molar-refractivity contribution in [2.45, 2.75) is 82.2 Å². The van der Waals surface area contributed by atoms with Crippen LogP contribution in [0.5, 0.6) is 0 Å². The van der Waals surface area contributed by atoms with Gasteiger partial charge in [-0.1, -0.05) is 44.9 Å². The van der Waals surface area contributed by atoms with Crippen LogP contribution in [0.4, 0.5) is 30.7 Å². The lowest BCUT2D eigenvalue weighted by atomic mass is 10.0. The molecule has 0 heterocycles. The number of alkyl halides is 7. The normalized spacial score (nSPS) is 13.6. The second-order valence-corrected chi connectivity index (χ2v) is 5.43. The molecule has 0 bridgehead atoms. The number of aliphatic hydroxyl groups is 1. The summed E-state index contributed by atoms with van der Waals surface area (Å²) in [6.07, 6.45) is -2.17. The Morgan fingerprint density at radius 1 is 0.545 bits per heavy atom. The van der Waals surface area contributed by atoms with Gasteiger partial charge in [0.15, 0.2) is 0 Å². The van der Waals surface area contributed by atoms with Gasteiger partial charge in [-0.25, -0.2) is 0 Å². The van der Waals surface area contributed by atoms with E-state index in [2.05, 4.69) is 0 Å². The van der Waals surface area contributed by atoms with Crippen LogP contribution in [0, 0.1) is 0 Å². The molecule has 0 aromatic carbocycles. The zero-order valence-electron chi connectivity index (χ0n) is 12.4. The van der Waals surface area contributed by atoms with Gasteiger partial charge < -0.3 is 5.11 Å². The van der Waals surface area contributed by atoms with Crippen molar-refractivity contribution in [1.82, 2.24) is 0 Å². The molecular formula is C14H23F7O. The van der Waals surface area contributed by atoms with Crippen LogP contribution < -0.4 is 0 Å². The summed E-state index contributed by atoms with van der Waals surface area (Å²) in [5, 5.41) is 8.55. The fourth-order valence-corrected chi connectivity index (χ4v) is 2.06. The Labute approximate surface area is 125 Å². The van der Waals surface area contributed by atoms with Gasteiger partial charge in [-0.3, -0.25) is 0 Å². The topological polar surface area (TPSA) is 20.2 Å². The Balaban J connectivity index is 3.78. The number of aliphatic hydroxyl groups excluding tert-OH is 1. The molecule has 22 heavy (non-hydrogen) atoms. The van der Waals surface area contributed by atoms with Crippen LogP contribution >= 0.6 is 0 Å². The fourth-order valence-electron chi connectivity index (χ4n) is 2.06. The highest BCUT2D eigenvalue weighted by molar-refractivity contribution is 4.90. The van der Waals surface area contributed by atoms with Crippen LogP contribution in [0.2, 0.25) is 0 Å². The molecule has 134 valence electrons. The summed E-state index contributed by atoms with van der Waals surface area (Å²) in [5.41, 5.74) is 0. The number of halogens is 7. The third kappa shape index (κ3) is 7.15. The number of rotatable bonds is 12. The Hall–Kier alpha value is -0.530. The molecule has 0 aliphatic carbocycles. The van der Waals surface area contributed by atoms with E-state index >= 15 is 0 Å². The quantitative estimate of drug-likeness (QED) is 0.356. The maximum atomic E-state index is 13.0. The third-order valence-corrected chi connectivity index (χ3v) is 3.46. The minimum Gasteiger partial charge on any atom is -0.396 e. The first-order valence-electron chi connectivity index (χ1n) is 7.49. The standard InChI is InChI=1S/C14H23F7O/c15-12(16,13(17,18)14(19,20)21)10-8-6-4-2-1-3-5-7-9-11-22/h22H,1-11H2. The number of hydrogen-bond acceptors (Lipinski definition) is 1. The monoisotopic (exact) mass is 340 g/mol. The summed E-state index contributed by atoms with van der Waals surface area (Å²) < 4.78 is 86.8. The first-order valence-corrected chi connectivity index (χ1v) is 7.49. The van der Waals surface area contributed by atoms with Crippen molar-refractivity contribution in [3.05, 3.63) is 0 Å². The number of unbranched alkanes of at least 4 members (excludes halogenated alkanes) is 8. The largest absolute Gasteiger partial charge is 0.459 e. The average Bonchev–Trinajstić information content (AvgIpc) is 2.39. The summed E-state index contributed by atoms with van der Waals surface area (Å²) >= 11 is 0. The van der Waals surface area contributed by atoms with Crippen LogP contribution in [-0.4, -0.2) is 29.7 Å². The maximum Gasteiger partial charge on any atom is 0.459 e. The molecule has 0 aliphatic rings. The van der Waals surface area contributed by atoms with E-state index < -0.39 is 24.4 Å². The lowest BCUT2D eigenvalue weighted by Crippen LogP contribution is -2.51. The highest BCUT2D eigenvalue weighted by atomic mass is 19.4. The first kappa shape index (κ1) is 21.5. The Morgan fingerprint density at radius 2 is 0.909 bits per heavy atom. The summed E-state index contributed by atoms with van der Waals surface area (Å²) in [5.74, 6) is -11.0. The van der Waals surface area contributed by atoms with Gasteiger partial charge in [0.25, 0.3) is 0 Å². The molecule has 0 aromatic heterocycles. The van der Waals surface area contributed by atoms with Crippen LogP contribution in [0.15, 0.2) is 0 Å². The van der Waals surface area contributed by atoms with Gasteiger partial charge in [-0.15, -0.1) is 0 Å². The fraction of sp³-hybridized carbons (Fsp3) is 1.00. The van der Waals surface area contributed by atoms with Crippen molar-refractivity contribution in [2.24, 2.45) is 0 Å². The van der Waals surface area contributed by atoms with E-state index in [-0.39, 0.29) is 19.4 Å². The van der Waals surface area contributed by atoms with Crippen molar-refractivity contribution >= 4 is 0 Å². The molecule has 0 aliphatic heterocycles. The third-order valence-electron chi connectivity index (χ3n) is 3.46. The summed E-state index contributed by atoms with van der Waals surface area (Å²) in [6.45, 7) is 0.150. The predicted molar refractivity (Wildman–Crippen MR) is 69.2 cm³/mol. The highest BCUT2D eigenvalue weighted by Gasteiger charge is 2.72. The Bertz CT molecular complexity index is 289. The molecular weight excluding hydrogens is 317 g/mol. The second-order valence-electron chi connectivity index (χ2n) is 5.43. The lowest BCUT2D eigenvalue weighted by molar-refractivity contribution is -0.355. The molecule has 8 heteroatoms. The summed E-state index contributed by atoms with van der Waals surface area (Å²) in [7, 11) is 0. The average molecular weight is 340 g/mol. The van der Waals surface area contributed by atoms with Crippen LogP contribution in [0.3, 0.4) is 0 Å². The summed E-state index contributed by atoms with van der Waals surface area (Å²) in [6, 6.07) is 0. The number of hydrogen-bond donors (Lipinski definition) is 1. The van der Waals surface area contributed by atoms with Gasteiger partial charge in [-0.2, -0.15) is 30.7 Å². The molecule has 0 amide bonds. The van der Waals surface area contributed by atoms with Gasteiger partial charge in [0, 0.05) is 13.0 Å². The minimum absolute atomic E-state index is 0.150. The van der Waals surface area contributed by atoms with Gasteiger partial charge in [0.1, 0.15) is 0 Å². The van der Waals surface area contributed by atoms with Crippen LogP contribution in [0.25, 0.3) is 0 Å². The van der Waals surface area contributed by atoms with Crippen molar-refractivity contribution in [1.29, 1.82) is 0 Å². The van der Waals surface area contributed by atoms with E-state index in [1.807, 2.05) is 0 Å². The summed E-state index contributed by atoms with van der Waals surface area (Å²) in [4.78, 5) is 0. The van der Waals surface area contributed by atoms with Gasteiger partial charge in [0.2, 0.25) is 0 Å². The minimum atomic E-state index is -6.23. The predicted octanol–water partition coefficient (Wildman–Crippen LogP) is 5.71. The van der Waals surface area contributed by atoms with Gasteiger partial charge in [0.05, 0.1) is 0 Å². The van der Waals surface area contributed by atoms with Crippen molar-refractivity contribution in [3.63, 3.8) is 0 Å². The highest BCUT2D eigenvalue weighted by Crippen LogP contribution is 2.48. The molecule has 0 saturated carbocycles. The van der Waals surface area contributed by atoms with Crippen LogP contribution in [-0.2, 0) is 0 Å². The molecule has 0 saturated heterocycles. The molecule has 0 rings (SSSR count). The Morgan fingerprint density at radius 3 is 1.27 bits per heavy atom. The molecule has 0 aromatic rings. The molecule has 0 unspecified atom stereocenters. The molecule has 1 nitrogen and oxygen atoms in total. The maximum absolute atomic E-state index is 13.0. The van der Waals surface area contributed by atoms with E-state index in [1.54, 1.807) is 0 Å². The van der Waals surface area contributed by atoms with Crippen LogP contribution in [0.1, 0.15) is 64.2 Å². The van der Waals surface area contributed by atoms with Crippen molar-refractivity contribution in [3.8, 4) is 0 Å². The smallest absolute Gasteiger partial charge is 0.396 e. The molecule has 0 fully saturated rings.